The van der Waals surface area contributed by atoms with E-state index in [4.69, 9.17) is 0 Å². The van der Waals surface area contributed by atoms with E-state index in [1.54, 1.807) is 18.1 Å². The van der Waals surface area contributed by atoms with E-state index in [-0.39, 0.29) is 0 Å². The molecule has 108 valence electrons. The Morgan fingerprint density at radius 3 is 2.80 bits per heavy atom. The van der Waals surface area contributed by atoms with Crippen molar-refractivity contribution in [3.63, 3.8) is 0 Å². The Morgan fingerprint density at radius 1 is 1.30 bits per heavy atom. The lowest BCUT2D eigenvalue weighted by molar-refractivity contribution is 0.631. The molecule has 2 aromatic rings. The number of rotatable bonds is 7. The maximum atomic E-state index is 4.42. The second kappa shape index (κ2) is 7.18. The van der Waals surface area contributed by atoms with Gasteiger partial charge in [-0.3, -0.25) is 0 Å². The summed E-state index contributed by atoms with van der Waals surface area (Å²) in [6.07, 6.45) is 4.17. The average molecular weight is 293 g/mol. The van der Waals surface area contributed by atoms with E-state index in [0.29, 0.717) is 23.0 Å². The number of hydrogen-bond donors (Lipinski definition) is 1. The summed E-state index contributed by atoms with van der Waals surface area (Å²) in [5.41, 5.74) is 0. The third kappa shape index (κ3) is 4.16. The van der Waals surface area contributed by atoms with Crippen LogP contribution in [0.1, 0.15) is 27.2 Å². The highest BCUT2D eigenvalue weighted by Crippen LogP contribution is 2.18. The summed E-state index contributed by atoms with van der Waals surface area (Å²) in [5, 5.41) is 7.88. The normalized spacial score (nSPS) is 11.0. The predicted octanol–water partition coefficient (Wildman–Crippen LogP) is 2.02. The van der Waals surface area contributed by atoms with Gasteiger partial charge in [-0.15, -0.1) is 0 Å². The molecule has 7 nitrogen and oxygen atoms in total. The summed E-state index contributed by atoms with van der Waals surface area (Å²) in [4.78, 5) is 17.1. The number of anilines is 1. The second-order valence-corrected chi connectivity index (χ2v) is 5.71. The lowest BCUT2D eigenvalue weighted by Gasteiger charge is -2.07. The fraction of sp³-hybridized carbons (Fsp3) is 0.583. The monoisotopic (exact) mass is 293 g/mol. The van der Waals surface area contributed by atoms with Gasteiger partial charge >= 0.3 is 0 Å². The first kappa shape index (κ1) is 14.7. The number of hydrogen-bond acceptors (Lipinski definition) is 7. The zero-order valence-corrected chi connectivity index (χ0v) is 12.8. The summed E-state index contributed by atoms with van der Waals surface area (Å²) in [6.45, 7) is 7.18. The van der Waals surface area contributed by atoms with Gasteiger partial charge in [-0.05, 0) is 19.3 Å². The van der Waals surface area contributed by atoms with Crippen LogP contribution in [-0.4, -0.2) is 42.0 Å². The van der Waals surface area contributed by atoms with Gasteiger partial charge in [0.1, 0.15) is 12.7 Å². The average Bonchev–Trinajstić information content (AvgIpc) is 2.92. The first-order valence-corrected chi connectivity index (χ1v) is 7.65. The first-order valence-electron chi connectivity index (χ1n) is 6.66. The Bertz CT molecular complexity index is 527. The van der Waals surface area contributed by atoms with Crippen LogP contribution >= 0.6 is 11.8 Å². The molecule has 0 aliphatic heterocycles. The molecule has 8 heteroatoms. The molecule has 0 aliphatic rings. The number of aromatic nitrogens is 6. The van der Waals surface area contributed by atoms with Gasteiger partial charge in [-0.1, -0.05) is 25.6 Å². The topological polar surface area (TPSA) is 81.4 Å². The van der Waals surface area contributed by atoms with Crippen molar-refractivity contribution >= 4 is 17.7 Å². The van der Waals surface area contributed by atoms with Gasteiger partial charge in [0.15, 0.2) is 5.16 Å². The Balaban J connectivity index is 2.17. The van der Waals surface area contributed by atoms with Crippen LogP contribution in [0.5, 0.6) is 0 Å². The van der Waals surface area contributed by atoms with Crippen molar-refractivity contribution in [2.75, 3.05) is 17.6 Å². The molecule has 0 radical (unpaired) electrons. The molecule has 0 bridgehead atoms. The Kier molecular flexibility index (Phi) is 5.28. The number of nitrogens with zero attached hydrogens (tertiary/aromatic N) is 6. The van der Waals surface area contributed by atoms with Crippen LogP contribution in [0.25, 0.3) is 5.95 Å². The third-order valence-corrected chi connectivity index (χ3v) is 3.37. The van der Waals surface area contributed by atoms with Crippen LogP contribution in [0, 0.1) is 5.92 Å². The minimum Gasteiger partial charge on any atom is -0.354 e. The highest BCUT2D eigenvalue weighted by atomic mass is 32.2. The molecule has 2 aromatic heterocycles. The van der Waals surface area contributed by atoms with Gasteiger partial charge in [0.25, 0.3) is 5.95 Å². The SMILES string of the molecule is CCNc1nc(SCCC(C)C)nc(-n2cncn2)n1. The summed E-state index contributed by atoms with van der Waals surface area (Å²) in [6, 6.07) is 0. The van der Waals surface area contributed by atoms with Gasteiger partial charge in [0.05, 0.1) is 0 Å². The van der Waals surface area contributed by atoms with Crippen molar-refractivity contribution in [1.29, 1.82) is 0 Å². The van der Waals surface area contributed by atoms with E-state index < -0.39 is 0 Å². The van der Waals surface area contributed by atoms with Gasteiger partial charge in [-0.25, -0.2) is 4.98 Å². The molecule has 1 N–H and O–H groups in total. The van der Waals surface area contributed by atoms with Crippen molar-refractivity contribution < 1.29 is 0 Å². The van der Waals surface area contributed by atoms with E-state index in [1.807, 2.05) is 6.92 Å². The number of thioether (sulfide) groups is 1. The lowest BCUT2D eigenvalue weighted by Crippen LogP contribution is -2.10. The largest absolute Gasteiger partial charge is 0.354 e. The van der Waals surface area contributed by atoms with E-state index >= 15 is 0 Å². The Hall–Kier alpha value is -1.70. The maximum Gasteiger partial charge on any atom is 0.257 e. The zero-order chi connectivity index (χ0) is 14.4. The van der Waals surface area contributed by atoms with E-state index in [9.17, 15) is 0 Å². The minimum atomic E-state index is 0.487. The molecule has 20 heavy (non-hydrogen) atoms. The van der Waals surface area contributed by atoms with Crippen LogP contribution in [-0.2, 0) is 0 Å². The molecule has 0 aliphatic carbocycles. The number of nitrogens with one attached hydrogen (secondary N) is 1. The molecule has 0 spiro atoms. The molecule has 2 heterocycles. The Morgan fingerprint density at radius 2 is 2.15 bits per heavy atom. The Labute approximate surface area is 122 Å². The minimum absolute atomic E-state index is 0.487. The maximum absolute atomic E-state index is 4.42. The van der Waals surface area contributed by atoms with E-state index in [2.05, 4.69) is 44.2 Å². The summed E-state index contributed by atoms with van der Waals surface area (Å²) in [5.74, 6) is 2.72. The van der Waals surface area contributed by atoms with Crippen LogP contribution in [0.4, 0.5) is 5.95 Å². The molecule has 0 amide bonds. The summed E-state index contributed by atoms with van der Waals surface area (Å²) >= 11 is 1.64. The highest BCUT2D eigenvalue weighted by Gasteiger charge is 2.09. The van der Waals surface area contributed by atoms with Crippen LogP contribution in [0.15, 0.2) is 17.8 Å². The van der Waals surface area contributed by atoms with Gasteiger partial charge in [-0.2, -0.15) is 24.7 Å². The molecule has 0 atom stereocenters. The summed E-state index contributed by atoms with van der Waals surface area (Å²) in [7, 11) is 0. The van der Waals surface area contributed by atoms with Crippen LogP contribution < -0.4 is 5.32 Å². The standard InChI is InChI=1S/C12H19N7S/c1-4-14-10-16-11(19-8-13-7-15-19)18-12(17-10)20-6-5-9(2)3/h7-9H,4-6H2,1-3H3,(H,14,16,17,18). The molecule has 0 fully saturated rings. The molecule has 2 rings (SSSR count). The van der Waals surface area contributed by atoms with Crippen molar-refractivity contribution in [2.24, 2.45) is 5.92 Å². The first-order chi connectivity index (χ1) is 9.69. The summed E-state index contributed by atoms with van der Waals surface area (Å²) < 4.78 is 1.54. The quantitative estimate of drug-likeness (QED) is 0.782. The molecular formula is C12H19N7S. The van der Waals surface area contributed by atoms with Crippen molar-refractivity contribution in [1.82, 2.24) is 29.7 Å². The smallest absolute Gasteiger partial charge is 0.257 e. The van der Waals surface area contributed by atoms with Crippen molar-refractivity contribution in [2.45, 2.75) is 32.3 Å². The van der Waals surface area contributed by atoms with Crippen molar-refractivity contribution in [3.05, 3.63) is 12.7 Å². The molecule has 0 aromatic carbocycles. The molecule has 0 unspecified atom stereocenters. The van der Waals surface area contributed by atoms with Gasteiger partial charge in [0.2, 0.25) is 5.95 Å². The van der Waals surface area contributed by atoms with Crippen LogP contribution in [0.2, 0.25) is 0 Å². The molecule has 0 saturated heterocycles. The third-order valence-electron chi connectivity index (χ3n) is 2.49. The fourth-order valence-corrected chi connectivity index (χ4v) is 2.52. The van der Waals surface area contributed by atoms with Gasteiger partial charge in [0, 0.05) is 12.3 Å². The van der Waals surface area contributed by atoms with E-state index in [0.717, 1.165) is 18.7 Å². The lowest BCUT2D eigenvalue weighted by atomic mass is 10.2. The zero-order valence-electron chi connectivity index (χ0n) is 11.9. The fourth-order valence-electron chi connectivity index (χ4n) is 1.45. The molecule has 0 saturated carbocycles. The van der Waals surface area contributed by atoms with Crippen molar-refractivity contribution in [3.8, 4) is 5.95 Å². The second-order valence-electron chi connectivity index (χ2n) is 4.64. The van der Waals surface area contributed by atoms with Gasteiger partial charge < -0.3 is 5.32 Å². The van der Waals surface area contributed by atoms with E-state index in [1.165, 1.54) is 11.0 Å². The highest BCUT2D eigenvalue weighted by molar-refractivity contribution is 7.99. The molecular weight excluding hydrogens is 274 g/mol. The predicted molar refractivity (Wildman–Crippen MR) is 79.1 cm³/mol. The van der Waals surface area contributed by atoms with Crippen LogP contribution in [0.3, 0.4) is 0 Å².